The summed E-state index contributed by atoms with van der Waals surface area (Å²) < 4.78 is 5.36. The maximum atomic E-state index is 12.2. The van der Waals surface area contributed by atoms with Crippen LogP contribution in [0.5, 0.6) is 0 Å². The maximum absolute atomic E-state index is 12.2. The Morgan fingerprint density at radius 2 is 1.86 bits per heavy atom. The van der Waals surface area contributed by atoms with Crippen molar-refractivity contribution in [2.45, 2.75) is 45.1 Å². The van der Waals surface area contributed by atoms with Crippen molar-refractivity contribution in [2.24, 2.45) is 0 Å². The number of allylic oxidation sites excluding steroid dienone is 1. The molecule has 1 aromatic carbocycles. The van der Waals surface area contributed by atoms with E-state index in [1.807, 2.05) is 30.3 Å². The lowest BCUT2D eigenvalue weighted by Gasteiger charge is -2.08. The fourth-order valence-electron chi connectivity index (χ4n) is 2.61. The zero-order valence-corrected chi connectivity index (χ0v) is 14.2. The van der Waals surface area contributed by atoms with Crippen molar-refractivity contribution in [3.63, 3.8) is 0 Å². The minimum absolute atomic E-state index is 0.127. The molecule has 22 heavy (non-hydrogen) atoms. The second kappa shape index (κ2) is 8.89. The van der Waals surface area contributed by atoms with Crippen LogP contribution in [0.3, 0.4) is 0 Å². The Kier molecular flexibility index (Phi) is 6.84. The standard InChI is InChI=1S/C18H21BrO3/c19-10-6-2-5-9-15-11-16(20)12-17(15)18(21)22-13-14-7-3-1-4-8-14/h1,3-4,7-8H,2,5-6,9-13H2. The van der Waals surface area contributed by atoms with Gasteiger partial charge in [0.15, 0.2) is 0 Å². The van der Waals surface area contributed by atoms with Gasteiger partial charge >= 0.3 is 5.97 Å². The lowest BCUT2D eigenvalue weighted by molar-refractivity contribution is -0.140. The third-order valence-electron chi connectivity index (χ3n) is 3.78. The highest BCUT2D eigenvalue weighted by Crippen LogP contribution is 2.28. The van der Waals surface area contributed by atoms with Crippen molar-refractivity contribution in [3.8, 4) is 0 Å². The van der Waals surface area contributed by atoms with E-state index >= 15 is 0 Å². The molecule has 118 valence electrons. The number of ketones is 1. The minimum Gasteiger partial charge on any atom is -0.457 e. The van der Waals surface area contributed by atoms with Gasteiger partial charge in [0, 0.05) is 23.7 Å². The highest BCUT2D eigenvalue weighted by molar-refractivity contribution is 9.09. The number of esters is 1. The predicted molar refractivity (Wildman–Crippen MR) is 89.8 cm³/mol. The number of hydrogen-bond donors (Lipinski definition) is 0. The Morgan fingerprint density at radius 3 is 2.59 bits per heavy atom. The molecule has 0 fully saturated rings. The van der Waals surface area contributed by atoms with Crippen molar-refractivity contribution in [3.05, 3.63) is 47.0 Å². The number of benzene rings is 1. The van der Waals surface area contributed by atoms with Crippen LogP contribution in [0.1, 0.15) is 44.1 Å². The molecule has 0 saturated carbocycles. The predicted octanol–water partition coefficient (Wildman–Crippen LogP) is 4.34. The number of halogens is 1. The van der Waals surface area contributed by atoms with Crippen molar-refractivity contribution in [2.75, 3.05) is 5.33 Å². The van der Waals surface area contributed by atoms with E-state index in [0.29, 0.717) is 12.0 Å². The molecule has 0 heterocycles. The first-order chi connectivity index (χ1) is 10.7. The molecule has 0 radical (unpaired) electrons. The third-order valence-corrected chi connectivity index (χ3v) is 4.34. The minimum atomic E-state index is -0.329. The van der Waals surface area contributed by atoms with E-state index < -0.39 is 0 Å². The van der Waals surface area contributed by atoms with E-state index in [1.165, 1.54) is 0 Å². The molecule has 1 aliphatic carbocycles. The number of unbranched alkanes of at least 4 members (excludes halogenated alkanes) is 2. The maximum Gasteiger partial charge on any atom is 0.334 e. The first-order valence-corrected chi connectivity index (χ1v) is 8.82. The van der Waals surface area contributed by atoms with Crippen LogP contribution in [-0.4, -0.2) is 17.1 Å². The van der Waals surface area contributed by atoms with Gasteiger partial charge in [-0.2, -0.15) is 0 Å². The third kappa shape index (κ3) is 5.09. The summed E-state index contributed by atoms with van der Waals surface area (Å²) in [6.45, 7) is 0.258. The van der Waals surface area contributed by atoms with Gasteiger partial charge in [-0.05, 0) is 24.8 Å². The zero-order chi connectivity index (χ0) is 15.8. The molecule has 2 rings (SSSR count). The van der Waals surface area contributed by atoms with Gasteiger partial charge in [-0.3, -0.25) is 4.79 Å². The number of carbonyl (C=O) groups excluding carboxylic acids is 2. The van der Waals surface area contributed by atoms with E-state index in [-0.39, 0.29) is 24.8 Å². The molecular weight excluding hydrogens is 344 g/mol. The van der Waals surface area contributed by atoms with Gasteiger partial charge in [-0.25, -0.2) is 4.79 Å². The average Bonchev–Trinajstić information content (AvgIpc) is 2.91. The van der Waals surface area contributed by atoms with Crippen molar-refractivity contribution < 1.29 is 14.3 Å². The number of Topliss-reactive ketones (excluding diaryl/α,β-unsaturated/α-hetero) is 1. The fourth-order valence-corrected chi connectivity index (χ4v) is 3.00. The summed E-state index contributed by atoms with van der Waals surface area (Å²) >= 11 is 3.41. The van der Waals surface area contributed by atoms with Crippen LogP contribution < -0.4 is 0 Å². The second-order valence-corrected chi connectivity index (χ2v) is 6.33. The van der Waals surface area contributed by atoms with Gasteiger partial charge in [-0.1, -0.05) is 58.3 Å². The van der Waals surface area contributed by atoms with Crippen molar-refractivity contribution in [1.29, 1.82) is 0 Å². The first kappa shape index (κ1) is 16.9. The summed E-state index contributed by atoms with van der Waals surface area (Å²) in [6, 6.07) is 9.59. The van der Waals surface area contributed by atoms with Crippen LogP contribution in [0, 0.1) is 0 Å². The highest BCUT2D eigenvalue weighted by atomic mass is 79.9. The van der Waals surface area contributed by atoms with Crippen molar-refractivity contribution in [1.82, 2.24) is 0 Å². The van der Waals surface area contributed by atoms with Gasteiger partial charge in [0.25, 0.3) is 0 Å². The molecule has 1 aromatic rings. The number of alkyl halides is 1. The Hall–Kier alpha value is -1.42. The summed E-state index contributed by atoms with van der Waals surface area (Å²) in [6.07, 6.45) is 4.73. The lowest BCUT2D eigenvalue weighted by Crippen LogP contribution is -2.08. The van der Waals surface area contributed by atoms with Crippen LogP contribution in [0.15, 0.2) is 41.5 Å². The molecule has 0 N–H and O–H groups in total. The zero-order valence-electron chi connectivity index (χ0n) is 12.6. The summed E-state index contributed by atoms with van der Waals surface area (Å²) in [4.78, 5) is 23.9. The lowest BCUT2D eigenvalue weighted by atomic mass is 10.0. The van der Waals surface area contributed by atoms with Crippen LogP contribution >= 0.6 is 15.9 Å². The summed E-state index contributed by atoms with van der Waals surface area (Å²) in [5, 5.41) is 0.997. The molecule has 4 heteroatoms. The molecule has 0 unspecified atom stereocenters. The molecule has 0 aliphatic heterocycles. The van der Waals surface area contributed by atoms with E-state index in [4.69, 9.17) is 4.74 Å². The van der Waals surface area contributed by atoms with Gasteiger partial charge < -0.3 is 4.74 Å². The Balaban J connectivity index is 1.91. The first-order valence-electron chi connectivity index (χ1n) is 7.70. The molecular formula is C18H21BrO3. The van der Waals surface area contributed by atoms with Gasteiger partial charge in [-0.15, -0.1) is 0 Å². The molecule has 0 spiro atoms. The highest BCUT2D eigenvalue weighted by Gasteiger charge is 2.27. The van der Waals surface area contributed by atoms with E-state index in [1.54, 1.807) is 0 Å². The normalized spacial score (nSPS) is 14.5. The fraction of sp³-hybridized carbons (Fsp3) is 0.444. The Morgan fingerprint density at radius 1 is 1.09 bits per heavy atom. The molecule has 1 aliphatic rings. The van der Waals surface area contributed by atoms with Crippen molar-refractivity contribution >= 4 is 27.7 Å². The topological polar surface area (TPSA) is 43.4 Å². The number of ether oxygens (including phenoxy) is 1. The molecule has 0 amide bonds. The average molecular weight is 365 g/mol. The van der Waals surface area contributed by atoms with Crippen LogP contribution in [0.25, 0.3) is 0 Å². The Labute approximate surface area is 139 Å². The molecule has 3 nitrogen and oxygen atoms in total. The van der Waals surface area contributed by atoms with Crippen LogP contribution in [0.4, 0.5) is 0 Å². The van der Waals surface area contributed by atoms with Gasteiger partial charge in [0.1, 0.15) is 12.4 Å². The van der Waals surface area contributed by atoms with E-state index in [9.17, 15) is 9.59 Å². The molecule has 0 saturated heterocycles. The SMILES string of the molecule is O=C1CC(CCCCCBr)=C(C(=O)OCc2ccccc2)C1. The summed E-state index contributed by atoms with van der Waals surface area (Å²) in [7, 11) is 0. The monoisotopic (exact) mass is 364 g/mol. The van der Waals surface area contributed by atoms with E-state index in [0.717, 1.165) is 42.1 Å². The van der Waals surface area contributed by atoms with Crippen LogP contribution in [0.2, 0.25) is 0 Å². The summed E-state index contributed by atoms with van der Waals surface area (Å²) in [5.41, 5.74) is 2.54. The molecule has 0 atom stereocenters. The second-order valence-electron chi connectivity index (χ2n) is 5.54. The van der Waals surface area contributed by atoms with E-state index in [2.05, 4.69) is 15.9 Å². The molecule has 0 aromatic heterocycles. The number of hydrogen-bond acceptors (Lipinski definition) is 3. The smallest absolute Gasteiger partial charge is 0.334 e. The van der Waals surface area contributed by atoms with Crippen LogP contribution in [-0.2, 0) is 20.9 Å². The summed E-state index contributed by atoms with van der Waals surface area (Å²) in [5.74, 6) is -0.202. The quantitative estimate of drug-likeness (QED) is 0.391. The van der Waals surface area contributed by atoms with Gasteiger partial charge in [0.05, 0.1) is 0 Å². The number of carbonyl (C=O) groups is 2. The Bertz CT molecular complexity index is 549. The largest absolute Gasteiger partial charge is 0.457 e. The number of rotatable bonds is 8. The molecule has 0 bridgehead atoms. The van der Waals surface area contributed by atoms with Gasteiger partial charge in [0.2, 0.25) is 0 Å².